The van der Waals surface area contributed by atoms with E-state index in [1.807, 2.05) is 25.3 Å². The molecule has 2 heterocycles. The van der Waals surface area contributed by atoms with Gasteiger partial charge >= 0.3 is 6.18 Å². The van der Waals surface area contributed by atoms with Crippen molar-refractivity contribution in [1.29, 1.82) is 0 Å². The Bertz CT molecular complexity index is 872. The molecule has 0 fully saturated rings. The lowest BCUT2D eigenvalue weighted by Gasteiger charge is -2.13. The van der Waals surface area contributed by atoms with Gasteiger partial charge in [0.1, 0.15) is 0 Å². The quantitative estimate of drug-likeness (QED) is 0.607. The van der Waals surface area contributed by atoms with Crippen molar-refractivity contribution in [3.8, 4) is 0 Å². The maximum Gasteiger partial charge on any atom is 0.416 e. The molecule has 3 rings (SSSR count). The number of rotatable bonds is 5. The van der Waals surface area contributed by atoms with Crippen LogP contribution in [0.5, 0.6) is 0 Å². The molecule has 27 heavy (non-hydrogen) atoms. The highest BCUT2D eigenvalue weighted by Crippen LogP contribution is 2.36. The molecule has 1 aromatic heterocycles. The van der Waals surface area contributed by atoms with E-state index in [2.05, 4.69) is 22.1 Å². The topological polar surface area (TPSA) is 8.17 Å². The molecule has 0 saturated heterocycles. The molecular weight excluding hydrogens is 349 g/mol. The fourth-order valence-corrected chi connectivity index (χ4v) is 3.76. The number of aryl methyl sites for hydroxylation is 1. The van der Waals surface area contributed by atoms with Crippen molar-refractivity contribution in [3.63, 3.8) is 0 Å². The third kappa shape index (κ3) is 4.35. The molecule has 2 nitrogen and oxygen atoms in total. The van der Waals surface area contributed by atoms with Crippen molar-refractivity contribution < 1.29 is 13.2 Å². The molecule has 5 heteroatoms. The second-order valence-corrected chi connectivity index (χ2v) is 6.99. The van der Waals surface area contributed by atoms with Crippen molar-refractivity contribution in [2.75, 3.05) is 13.6 Å². The highest BCUT2D eigenvalue weighted by atomic mass is 19.4. The maximum absolute atomic E-state index is 13.2. The van der Waals surface area contributed by atoms with Crippen LogP contribution in [0.1, 0.15) is 29.7 Å². The van der Waals surface area contributed by atoms with Gasteiger partial charge in [0.25, 0.3) is 0 Å². The van der Waals surface area contributed by atoms with Gasteiger partial charge in [-0.1, -0.05) is 37.0 Å². The summed E-state index contributed by atoms with van der Waals surface area (Å²) in [5.74, 6) is 0. The van der Waals surface area contributed by atoms with Gasteiger partial charge in [0.05, 0.1) is 5.56 Å². The molecule has 0 radical (unpaired) electrons. The molecule has 0 saturated carbocycles. The number of benzene rings is 1. The molecule has 0 unspecified atom stereocenters. The minimum absolute atomic E-state index is 0.573. The van der Waals surface area contributed by atoms with Crippen LogP contribution < -0.4 is 0 Å². The van der Waals surface area contributed by atoms with E-state index in [1.54, 1.807) is 12.1 Å². The van der Waals surface area contributed by atoms with Crippen LogP contribution in [0.4, 0.5) is 13.2 Å². The van der Waals surface area contributed by atoms with Crippen molar-refractivity contribution >= 4 is 10.9 Å². The Morgan fingerprint density at radius 2 is 2.00 bits per heavy atom. The molecule has 0 spiro atoms. The van der Waals surface area contributed by atoms with E-state index in [-0.39, 0.29) is 0 Å². The molecule has 0 aliphatic carbocycles. The first-order valence-electron chi connectivity index (χ1n) is 9.26. The lowest BCUT2D eigenvalue weighted by atomic mass is 10.1. The number of nitrogens with zero attached hydrogens (tertiary/aromatic N) is 2. The fourth-order valence-electron chi connectivity index (χ4n) is 3.76. The second kappa shape index (κ2) is 8.17. The average Bonchev–Trinajstić information content (AvgIpc) is 2.76. The largest absolute Gasteiger partial charge is 0.416 e. The molecule has 0 bridgehead atoms. The van der Waals surface area contributed by atoms with Crippen molar-refractivity contribution in [2.45, 2.75) is 38.5 Å². The summed E-state index contributed by atoms with van der Waals surface area (Å²) in [4.78, 5) is 2.19. The standard InChI is InChI=1S/C22H25F3N2/c1-3-4-5-6-7-8-14-27-20-10-9-13-26(2)16-19(20)18-15-17(22(23,24)25)11-12-21(18)27/h3-7,11-12,15H,1,8-10,13-14,16H2,2H3/b5-4-,7-6+. The lowest BCUT2D eigenvalue weighted by molar-refractivity contribution is -0.137. The number of hydrogen-bond acceptors (Lipinski definition) is 1. The van der Waals surface area contributed by atoms with Gasteiger partial charge in [-0.15, -0.1) is 0 Å². The predicted octanol–water partition coefficient (Wildman–Crippen LogP) is 5.73. The van der Waals surface area contributed by atoms with Crippen LogP contribution in [0.3, 0.4) is 0 Å². The van der Waals surface area contributed by atoms with Crippen LogP contribution in [-0.2, 0) is 25.7 Å². The molecule has 144 valence electrons. The number of hydrogen-bond donors (Lipinski definition) is 0. The maximum atomic E-state index is 13.2. The lowest BCUT2D eigenvalue weighted by Crippen LogP contribution is -2.17. The van der Waals surface area contributed by atoms with E-state index >= 15 is 0 Å². The fraction of sp³-hybridized carbons (Fsp3) is 0.364. The van der Waals surface area contributed by atoms with Gasteiger partial charge in [-0.25, -0.2) is 0 Å². The van der Waals surface area contributed by atoms with Gasteiger partial charge in [-0.2, -0.15) is 13.2 Å². The highest BCUT2D eigenvalue weighted by Gasteiger charge is 2.31. The first kappa shape index (κ1) is 19.5. The van der Waals surface area contributed by atoms with E-state index in [0.29, 0.717) is 6.54 Å². The van der Waals surface area contributed by atoms with E-state index in [0.717, 1.165) is 48.8 Å². The summed E-state index contributed by atoms with van der Waals surface area (Å²) in [6.07, 6.45) is 7.98. The van der Waals surface area contributed by atoms with Gasteiger partial charge in [0.15, 0.2) is 0 Å². The Labute approximate surface area is 158 Å². The average molecular weight is 374 g/mol. The van der Waals surface area contributed by atoms with Crippen molar-refractivity contribution in [1.82, 2.24) is 9.47 Å². The summed E-state index contributed by atoms with van der Waals surface area (Å²) in [7, 11) is 2.03. The first-order chi connectivity index (χ1) is 12.9. The molecule has 0 atom stereocenters. The normalized spacial score (nSPS) is 16.3. The Hall–Kier alpha value is -2.27. The molecule has 1 aliphatic rings. The smallest absolute Gasteiger partial charge is 0.344 e. The van der Waals surface area contributed by atoms with E-state index in [1.165, 1.54) is 17.8 Å². The summed E-state index contributed by atoms with van der Waals surface area (Å²) >= 11 is 0. The number of fused-ring (bicyclic) bond motifs is 3. The van der Waals surface area contributed by atoms with E-state index in [4.69, 9.17) is 0 Å². The molecular formula is C22H25F3N2. The monoisotopic (exact) mass is 374 g/mol. The Balaban J connectivity index is 2.01. The van der Waals surface area contributed by atoms with Gasteiger partial charge in [0.2, 0.25) is 0 Å². The summed E-state index contributed by atoms with van der Waals surface area (Å²) < 4.78 is 41.9. The second-order valence-electron chi connectivity index (χ2n) is 6.99. The minimum Gasteiger partial charge on any atom is -0.344 e. The number of alkyl halides is 3. The van der Waals surface area contributed by atoms with Crippen LogP contribution in [-0.4, -0.2) is 23.1 Å². The van der Waals surface area contributed by atoms with Gasteiger partial charge in [-0.3, -0.25) is 0 Å². The summed E-state index contributed by atoms with van der Waals surface area (Å²) in [5.41, 5.74) is 2.56. The van der Waals surface area contributed by atoms with Crippen LogP contribution in [0.15, 0.2) is 55.2 Å². The Morgan fingerprint density at radius 3 is 2.74 bits per heavy atom. The van der Waals surface area contributed by atoms with E-state index < -0.39 is 11.7 Å². The number of aromatic nitrogens is 1. The zero-order valence-corrected chi connectivity index (χ0v) is 15.6. The number of allylic oxidation sites excluding steroid dienone is 5. The molecule has 0 amide bonds. The Kier molecular flexibility index (Phi) is 5.90. The third-order valence-electron chi connectivity index (χ3n) is 5.01. The van der Waals surface area contributed by atoms with Gasteiger partial charge < -0.3 is 9.47 Å². The zero-order chi connectivity index (χ0) is 19.4. The van der Waals surface area contributed by atoms with Crippen LogP contribution in [0.25, 0.3) is 10.9 Å². The minimum atomic E-state index is -4.32. The molecule has 1 aliphatic heterocycles. The Morgan fingerprint density at radius 1 is 1.19 bits per heavy atom. The third-order valence-corrected chi connectivity index (χ3v) is 5.01. The SMILES string of the molecule is C=C/C=C\C=C\CCn1c2c(c3cc(C(F)(F)F)ccc31)CN(C)CCC2. The van der Waals surface area contributed by atoms with Gasteiger partial charge in [0, 0.05) is 29.7 Å². The van der Waals surface area contributed by atoms with Crippen molar-refractivity contribution in [3.05, 3.63) is 72.0 Å². The first-order valence-corrected chi connectivity index (χ1v) is 9.26. The highest BCUT2D eigenvalue weighted by molar-refractivity contribution is 5.86. The van der Waals surface area contributed by atoms with Crippen LogP contribution >= 0.6 is 0 Å². The molecule has 0 N–H and O–H groups in total. The zero-order valence-electron chi connectivity index (χ0n) is 15.6. The van der Waals surface area contributed by atoms with Gasteiger partial charge in [-0.05, 0) is 56.6 Å². The van der Waals surface area contributed by atoms with Crippen LogP contribution in [0, 0.1) is 0 Å². The predicted molar refractivity (Wildman–Crippen MR) is 105 cm³/mol. The number of halogens is 3. The van der Waals surface area contributed by atoms with E-state index in [9.17, 15) is 13.2 Å². The summed E-state index contributed by atoms with van der Waals surface area (Å²) in [6.45, 7) is 6.05. The van der Waals surface area contributed by atoms with Crippen molar-refractivity contribution in [2.24, 2.45) is 0 Å². The molecule has 2 aromatic rings. The summed E-state index contributed by atoms with van der Waals surface area (Å²) in [5, 5.41) is 0.740. The summed E-state index contributed by atoms with van der Waals surface area (Å²) in [6, 6.07) is 4.16. The molecule has 1 aromatic carbocycles. The van der Waals surface area contributed by atoms with Crippen LogP contribution in [0.2, 0.25) is 0 Å².